The summed E-state index contributed by atoms with van der Waals surface area (Å²) < 4.78 is 15.9. The Kier molecular flexibility index (Phi) is 8.56. The van der Waals surface area contributed by atoms with E-state index < -0.39 is 28.7 Å². The van der Waals surface area contributed by atoms with Crippen LogP contribution < -0.4 is 5.32 Å². The third kappa shape index (κ3) is 5.77. The predicted octanol–water partition coefficient (Wildman–Crippen LogP) is 3.79. The molecule has 0 fully saturated rings. The second kappa shape index (κ2) is 11.8. The number of nitro benzene ring substituents is 1. The van der Waals surface area contributed by atoms with E-state index >= 15 is 0 Å². The van der Waals surface area contributed by atoms with Gasteiger partial charge in [0.25, 0.3) is 5.69 Å². The Bertz CT molecular complexity index is 1230. The van der Waals surface area contributed by atoms with Crippen molar-refractivity contribution in [1.29, 1.82) is 0 Å². The normalized spacial score (nSPS) is 15.1. The molecule has 2 aromatic carbocycles. The number of dihydropyridines is 1. The Hall–Kier alpha value is -4.47. The standard InChI is InChI=1S/C26H26N2O8/c1-4-34-25(30)21-16(3)27-20(15-36-24(29)17-10-7-6-8-11-17)23(26(31)35-5-2)22(21)18-12-9-13-19(14-18)28(32)33/h6-14,22,27H,4-5,15H2,1-3H3. The van der Waals surface area contributed by atoms with E-state index in [2.05, 4.69) is 5.32 Å². The van der Waals surface area contributed by atoms with E-state index in [1.807, 2.05) is 0 Å². The third-order valence-electron chi connectivity index (χ3n) is 5.41. The van der Waals surface area contributed by atoms with E-state index in [1.54, 1.807) is 57.2 Å². The van der Waals surface area contributed by atoms with Crippen LogP contribution in [0.1, 0.15) is 42.6 Å². The molecule has 10 heteroatoms. The number of hydrogen-bond acceptors (Lipinski definition) is 9. The molecule has 0 radical (unpaired) electrons. The van der Waals surface area contributed by atoms with Gasteiger partial charge < -0.3 is 19.5 Å². The largest absolute Gasteiger partial charge is 0.463 e. The Morgan fingerprint density at radius 1 is 0.889 bits per heavy atom. The van der Waals surface area contributed by atoms with Crippen molar-refractivity contribution in [2.75, 3.05) is 19.8 Å². The zero-order valence-electron chi connectivity index (χ0n) is 20.1. The minimum Gasteiger partial charge on any atom is -0.463 e. The van der Waals surface area contributed by atoms with Crippen LogP contribution in [0, 0.1) is 10.1 Å². The number of ether oxygens (including phenoxy) is 3. The van der Waals surface area contributed by atoms with Gasteiger partial charge in [0.15, 0.2) is 0 Å². The highest BCUT2D eigenvalue weighted by molar-refractivity contribution is 6.00. The molecule has 1 N–H and O–H groups in total. The van der Waals surface area contributed by atoms with E-state index in [4.69, 9.17) is 14.2 Å². The lowest BCUT2D eigenvalue weighted by molar-refractivity contribution is -0.384. The number of esters is 3. The molecule has 2 aromatic rings. The molecular weight excluding hydrogens is 468 g/mol. The summed E-state index contributed by atoms with van der Waals surface area (Å²) in [7, 11) is 0. The second-order valence-electron chi connectivity index (χ2n) is 7.72. The van der Waals surface area contributed by atoms with Gasteiger partial charge in [0.2, 0.25) is 0 Å². The molecule has 0 amide bonds. The van der Waals surface area contributed by atoms with Crippen molar-refractivity contribution >= 4 is 23.6 Å². The highest BCUT2D eigenvalue weighted by atomic mass is 16.6. The van der Waals surface area contributed by atoms with Crippen molar-refractivity contribution in [1.82, 2.24) is 5.32 Å². The average Bonchev–Trinajstić information content (AvgIpc) is 2.87. The van der Waals surface area contributed by atoms with Crippen LogP contribution in [0.15, 0.2) is 77.1 Å². The SMILES string of the molecule is CCOC(=O)C1=C(C)NC(COC(=O)c2ccccc2)=C(C(=O)OCC)C1c1cccc([N+](=O)[O-])c1. The minimum absolute atomic E-state index is 0.00753. The lowest BCUT2D eigenvalue weighted by Gasteiger charge is -2.31. The quantitative estimate of drug-likeness (QED) is 0.239. The zero-order chi connectivity index (χ0) is 26.2. The van der Waals surface area contributed by atoms with E-state index in [-0.39, 0.29) is 42.4 Å². The first-order valence-corrected chi connectivity index (χ1v) is 11.3. The summed E-state index contributed by atoms with van der Waals surface area (Å²) in [6.45, 7) is 4.66. The first-order chi connectivity index (χ1) is 17.3. The van der Waals surface area contributed by atoms with E-state index in [0.717, 1.165) is 0 Å². The Morgan fingerprint density at radius 2 is 1.53 bits per heavy atom. The van der Waals surface area contributed by atoms with Gasteiger partial charge in [-0.3, -0.25) is 10.1 Å². The van der Waals surface area contributed by atoms with Crippen molar-refractivity contribution in [2.24, 2.45) is 0 Å². The molecular formula is C26H26N2O8. The van der Waals surface area contributed by atoms with Gasteiger partial charge in [-0.1, -0.05) is 30.3 Å². The van der Waals surface area contributed by atoms with Gasteiger partial charge in [-0.05, 0) is 38.5 Å². The predicted molar refractivity (Wildman–Crippen MR) is 129 cm³/mol. The van der Waals surface area contributed by atoms with Gasteiger partial charge in [-0.25, -0.2) is 14.4 Å². The summed E-state index contributed by atoms with van der Waals surface area (Å²) in [4.78, 5) is 49.6. The topological polar surface area (TPSA) is 134 Å². The Labute approximate surface area is 207 Å². The van der Waals surface area contributed by atoms with Crippen LogP contribution in [0.4, 0.5) is 5.69 Å². The number of rotatable bonds is 9. The van der Waals surface area contributed by atoms with E-state index in [0.29, 0.717) is 16.8 Å². The maximum absolute atomic E-state index is 13.2. The molecule has 0 spiro atoms. The lowest BCUT2D eigenvalue weighted by atomic mass is 9.80. The third-order valence-corrected chi connectivity index (χ3v) is 5.41. The number of allylic oxidation sites excluding steroid dienone is 1. The summed E-state index contributed by atoms with van der Waals surface area (Å²) in [5, 5.41) is 14.4. The molecule has 0 aliphatic carbocycles. The van der Waals surface area contributed by atoms with Crippen LogP contribution in [0.25, 0.3) is 0 Å². The smallest absolute Gasteiger partial charge is 0.338 e. The monoisotopic (exact) mass is 494 g/mol. The number of benzene rings is 2. The maximum atomic E-state index is 13.2. The zero-order valence-corrected chi connectivity index (χ0v) is 20.1. The summed E-state index contributed by atoms with van der Waals surface area (Å²) in [6.07, 6.45) is 0. The summed E-state index contributed by atoms with van der Waals surface area (Å²) in [5.41, 5.74) is 1.05. The van der Waals surface area contributed by atoms with Gasteiger partial charge in [0.1, 0.15) is 6.61 Å². The van der Waals surface area contributed by atoms with Gasteiger partial charge in [-0.2, -0.15) is 0 Å². The fraction of sp³-hybridized carbons (Fsp3) is 0.269. The van der Waals surface area contributed by atoms with Gasteiger partial charge in [-0.15, -0.1) is 0 Å². The van der Waals surface area contributed by atoms with Crippen LogP contribution in [0.2, 0.25) is 0 Å². The summed E-state index contributed by atoms with van der Waals surface area (Å²) in [5.74, 6) is -3.13. The number of nitrogens with one attached hydrogen (secondary N) is 1. The molecule has 1 aliphatic heterocycles. The molecule has 0 saturated carbocycles. The average molecular weight is 495 g/mol. The number of nitro groups is 1. The fourth-order valence-electron chi connectivity index (χ4n) is 3.89. The Morgan fingerprint density at radius 3 is 2.14 bits per heavy atom. The molecule has 10 nitrogen and oxygen atoms in total. The van der Waals surface area contributed by atoms with Crippen LogP contribution in [-0.4, -0.2) is 42.7 Å². The number of carbonyl (C=O) groups excluding carboxylic acids is 3. The van der Waals surface area contributed by atoms with E-state index in [1.165, 1.54) is 18.2 Å². The molecule has 0 bridgehead atoms. The summed E-state index contributed by atoms with van der Waals surface area (Å²) in [6, 6.07) is 14.0. The van der Waals surface area contributed by atoms with Crippen LogP contribution in [0.3, 0.4) is 0 Å². The highest BCUT2D eigenvalue weighted by Gasteiger charge is 2.39. The van der Waals surface area contributed by atoms with Crippen LogP contribution >= 0.6 is 0 Å². The maximum Gasteiger partial charge on any atom is 0.338 e. The van der Waals surface area contributed by atoms with Crippen LogP contribution in [0.5, 0.6) is 0 Å². The highest BCUT2D eigenvalue weighted by Crippen LogP contribution is 2.40. The molecule has 188 valence electrons. The molecule has 36 heavy (non-hydrogen) atoms. The molecule has 1 unspecified atom stereocenters. The molecule has 0 saturated heterocycles. The first kappa shape index (κ1) is 26.1. The molecule has 0 aromatic heterocycles. The first-order valence-electron chi connectivity index (χ1n) is 11.3. The van der Waals surface area contributed by atoms with Gasteiger partial charge in [0, 0.05) is 17.8 Å². The number of nitrogens with zero attached hydrogens (tertiary/aromatic N) is 1. The van der Waals surface area contributed by atoms with Crippen molar-refractivity contribution in [3.8, 4) is 0 Å². The summed E-state index contributed by atoms with van der Waals surface area (Å²) >= 11 is 0. The van der Waals surface area contributed by atoms with Gasteiger partial charge in [0.05, 0.1) is 46.5 Å². The van der Waals surface area contributed by atoms with Crippen molar-refractivity contribution in [3.05, 3.63) is 98.4 Å². The minimum atomic E-state index is -1.06. The van der Waals surface area contributed by atoms with Crippen molar-refractivity contribution < 1.29 is 33.5 Å². The van der Waals surface area contributed by atoms with Crippen molar-refractivity contribution in [3.63, 3.8) is 0 Å². The number of non-ortho nitro benzene ring substituents is 1. The fourth-order valence-corrected chi connectivity index (χ4v) is 3.89. The number of hydrogen-bond donors (Lipinski definition) is 1. The van der Waals surface area contributed by atoms with Gasteiger partial charge >= 0.3 is 17.9 Å². The molecule has 1 atom stereocenters. The number of carbonyl (C=O) groups is 3. The van der Waals surface area contributed by atoms with E-state index in [9.17, 15) is 24.5 Å². The molecule has 1 aliphatic rings. The Balaban J connectivity index is 2.13. The molecule has 3 rings (SSSR count). The molecule has 1 heterocycles. The van der Waals surface area contributed by atoms with Crippen LogP contribution in [-0.2, 0) is 23.8 Å². The van der Waals surface area contributed by atoms with Crippen molar-refractivity contribution in [2.45, 2.75) is 26.7 Å². The second-order valence-corrected chi connectivity index (χ2v) is 7.72. The lowest BCUT2D eigenvalue weighted by Crippen LogP contribution is -2.35.